The first-order chi connectivity index (χ1) is 8.83. The summed E-state index contributed by atoms with van der Waals surface area (Å²) in [6.07, 6.45) is 3.54. The minimum atomic E-state index is -3.24. The molecule has 0 aliphatic heterocycles. The van der Waals surface area contributed by atoms with Crippen molar-refractivity contribution in [3.8, 4) is 0 Å². The number of hydrogen-bond acceptors (Lipinski definition) is 4. The summed E-state index contributed by atoms with van der Waals surface area (Å²) in [4.78, 5) is 0. The molecule has 0 aliphatic carbocycles. The van der Waals surface area contributed by atoms with Gasteiger partial charge in [-0.1, -0.05) is 12.6 Å². The molecule has 1 rings (SSSR count). The van der Waals surface area contributed by atoms with Gasteiger partial charge in [-0.3, -0.25) is 0 Å². The highest BCUT2D eigenvalue weighted by Crippen LogP contribution is 2.19. The molecule has 0 saturated heterocycles. The molecule has 0 N–H and O–H groups in total. The Balaban J connectivity index is 0.00000400. The second-order valence-corrected chi connectivity index (χ2v) is 8.97. The Labute approximate surface area is 129 Å². The standard InChI is InChI=1S/C13H26N4O2S.CH4/c1-12(2,3)16(20(7,18)19)9-8-11-10-14-15-17(11)13(4,5)6;/h10H,8-9H2,1-7H3;1H4. The third kappa shape index (κ3) is 5.39. The van der Waals surface area contributed by atoms with E-state index in [4.69, 9.17) is 0 Å². The van der Waals surface area contributed by atoms with Crippen LogP contribution in [0.1, 0.15) is 54.7 Å². The van der Waals surface area contributed by atoms with Gasteiger partial charge in [0.1, 0.15) is 0 Å². The Morgan fingerprint density at radius 3 is 2.10 bits per heavy atom. The van der Waals surface area contributed by atoms with Crippen LogP contribution >= 0.6 is 0 Å². The van der Waals surface area contributed by atoms with Crippen LogP contribution in [0.4, 0.5) is 0 Å². The average molecular weight is 318 g/mol. The van der Waals surface area contributed by atoms with Crippen LogP contribution in [0.25, 0.3) is 0 Å². The fourth-order valence-electron chi connectivity index (χ4n) is 2.21. The highest BCUT2D eigenvalue weighted by Gasteiger charge is 2.29. The lowest BCUT2D eigenvalue weighted by Crippen LogP contribution is -2.46. The van der Waals surface area contributed by atoms with Gasteiger partial charge in [0.25, 0.3) is 0 Å². The van der Waals surface area contributed by atoms with Crippen LogP contribution in [0.2, 0.25) is 0 Å². The predicted molar refractivity (Wildman–Crippen MR) is 86.8 cm³/mol. The number of sulfonamides is 1. The van der Waals surface area contributed by atoms with E-state index < -0.39 is 15.6 Å². The molecule has 0 aromatic carbocycles. The molecule has 124 valence electrons. The van der Waals surface area contributed by atoms with Crippen molar-refractivity contribution in [3.05, 3.63) is 11.9 Å². The van der Waals surface area contributed by atoms with E-state index >= 15 is 0 Å². The number of nitrogens with zero attached hydrogens (tertiary/aromatic N) is 4. The van der Waals surface area contributed by atoms with Gasteiger partial charge in [0.2, 0.25) is 10.0 Å². The van der Waals surface area contributed by atoms with Crippen molar-refractivity contribution < 1.29 is 8.42 Å². The second-order valence-electron chi connectivity index (χ2n) is 7.06. The lowest BCUT2D eigenvalue weighted by molar-refractivity contribution is 0.249. The quantitative estimate of drug-likeness (QED) is 0.854. The summed E-state index contributed by atoms with van der Waals surface area (Å²) in [6, 6.07) is 0. The van der Waals surface area contributed by atoms with Crippen LogP contribution in [0.5, 0.6) is 0 Å². The van der Waals surface area contributed by atoms with Crippen molar-refractivity contribution in [2.24, 2.45) is 0 Å². The van der Waals surface area contributed by atoms with E-state index in [0.29, 0.717) is 13.0 Å². The van der Waals surface area contributed by atoms with E-state index in [2.05, 4.69) is 10.3 Å². The average Bonchev–Trinajstić information content (AvgIpc) is 2.60. The molecule has 7 heteroatoms. The Morgan fingerprint density at radius 2 is 1.71 bits per heavy atom. The Morgan fingerprint density at radius 1 is 1.19 bits per heavy atom. The summed E-state index contributed by atoms with van der Waals surface area (Å²) in [5.74, 6) is 0. The molecule has 0 spiro atoms. The zero-order valence-corrected chi connectivity index (χ0v) is 14.3. The summed E-state index contributed by atoms with van der Waals surface area (Å²) in [6.45, 7) is 12.2. The summed E-state index contributed by atoms with van der Waals surface area (Å²) in [7, 11) is -3.24. The molecule has 0 saturated carbocycles. The molecule has 1 aromatic heterocycles. The molecule has 0 radical (unpaired) electrons. The molecule has 21 heavy (non-hydrogen) atoms. The minimum absolute atomic E-state index is 0. The lowest BCUT2D eigenvalue weighted by atomic mass is 10.1. The van der Waals surface area contributed by atoms with Gasteiger partial charge in [-0.05, 0) is 41.5 Å². The van der Waals surface area contributed by atoms with Gasteiger partial charge in [0, 0.05) is 18.5 Å². The number of rotatable bonds is 4. The number of hydrogen-bond donors (Lipinski definition) is 0. The summed E-state index contributed by atoms with van der Waals surface area (Å²) in [5.41, 5.74) is 0.340. The van der Waals surface area contributed by atoms with Gasteiger partial charge in [-0.15, -0.1) is 5.10 Å². The van der Waals surface area contributed by atoms with Gasteiger partial charge >= 0.3 is 0 Å². The summed E-state index contributed by atoms with van der Waals surface area (Å²) >= 11 is 0. The molecule has 0 atom stereocenters. The third-order valence-electron chi connectivity index (χ3n) is 2.97. The molecule has 0 bridgehead atoms. The minimum Gasteiger partial charge on any atom is -0.244 e. The van der Waals surface area contributed by atoms with E-state index in [1.165, 1.54) is 10.6 Å². The normalized spacial score (nSPS) is 13.3. The zero-order chi connectivity index (χ0) is 15.8. The fraction of sp³-hybridized carbons (Fsp3) is 0.857. The molecule has 0 aliphatic rings. The highest BCUT2D eigenvalue weighted by atomic mass is 32.2. The first-order valence-corrected chi connectivity index (χ1v) is 8.56. The topological polar surface area (TPSA) is 68.1 Å². The molecule has 0 amide bonds. The number of aromatic nitrogens is 3. The summed E-state index contributed by atoms with van der Waals surface area (Å²) < 4.78 is 27.2. The Hall–Kier alpha value is -0.950. The van der Waals surface area contributed by atoms with E-state index in [1.54, 1.807) is 6.20 Å². The Kier molecular flexibility index (Phi) is 6.15. The maximum absolute atomic E-state index is 11.9. The fourth-order valence-corrected chi connectivity index (χ4v) is 3.62. The SMILES string of the molecule is C.CC(C)(C)N(CCc1cnnn1C(C)(C)C)S(C)(=O)=O. The molecule has 0 unspecified atom stereocenters. The van der Waals surface area contributed by atoms with E-state index in [9.17, 15) is 8.42 Å². The molecule has 0 fully saturated rings. The van der Waals surface area contributed by atoms with Crippen LogP contribution < -0.4 is 0 Å². The maximum Gasteiger partial charge on any atom is 0.211 e. The van der Waals surface area contributed by atoms with Crippen molar-refractivity contribution >= 4 is 10.0 Å². The van der Waals surface area contributed by atoms with Crippen molar-refractivity contribution in [2.75, 3.05) is 12.8 Å². The van der Waals surface area contributed by atoms with Crippen LogP contribution in [-0.2, 0) is 22.0 Å². The molecular weight excluding hydrogens is 288 g/mol. The van der Waals surface area contributed by atoms with Gasteiger partial charge in [0.15, 0.2) is 0 Å². The zero-order valence-electron chi connectivity index (χ0n) is 13.5. The van der Waals surface area contributed by atoms with Crippen LogP contribution in [0, 0.1) is 0 Å². The largest absolute Gasteiger partial charge is 0.244 e. The monoisotopic (exact) mass is 318 g/mol. The maximum atomic E-state index is 11.9. The van der Waals surface area contributed by atoms with E-state index in [1.807, 2.05) is 46.2 Å². The van der Waals surface area contributed by atoms with Gasteiger partial charge < -0.3 is 0 Å². The highest BCUT2D eigenvalue weighted by molar-refractivity contribution is 7.88. The summed E-state index contributed by atoms with van der Waals surface area (Å²) in [5, 5.41) is 8.02. The lowest BCUT2D eigenvalue weighted by Gasteiger charge is -2.33. The van der Waals surface area contributed by atoms with Crippen LogP contribution in [-0.4, -0.2) is 46.1 Å². The van der Waals surface area contributed by atoms with Crippen LogP contribution in [0.3, 0.4) is 0 Å². The third-order valence-corrected chi connectivity index (χ3v) is 4.51. The first-order valence-electron chi connectivity index (χ1n) is 6.71. The molecular formula is C14H30N4O2S. The second kappa shape index (κ2) is 6.44. The Bertz CT molecular complexity index is 550. The molecule has 1 aromatic rings. The van der Waals surface area contributed by atoms with Crippen molar-refractivity contribution in [3.63, 3.8) is 0 Å². The first kappa shape index (κ1) is 20.1. The predicted octanol–water partition coefficient (Wildman–Crippen LogP) is 2.27. The van der Waals surface area contributed by atoms with E-state index in [-0.39, 0.29) is 13.0 Å². The van der Waals surface area contributed by atoms with Crippen molar-refractivity contribution in [2.45, 2.75) is 66.5 Å². The van der Waals surface area contributed by atoms with E-state index in [0.717, 1.165) is 5.69 Å². The van der Waals surface area contributed by atoms with Gasteiger partial charge in [-0.2, -0.15) is 4.31 Å². The van der Waals surface area contributed by atoms with Crippen molar-refractivity contribution in [1.82, 2.24) is 19.3 Å². The smallest absolute Gasteiger partial charge is 0.211 e. The molecule has 6 nitrogen and oxygen atoms in total. The van der Waals surface area contributed by atoms with Crippen molar-refractivity contribution in [1.29, 1.82) is 0 Å². The van der Waals surface area contributed by atoms with Crippen LogP contribution in [0.15, 0.2) is 6.20 Å². The molecule has 1 heterocycles. The van der Waals surface area contributed by atoms with Gasteiger partial charge in [0.05, 0.1) is 23.7 Å². The van der Waals surface area contributed by atoms with Gasteiger partial charge in [-0.25, -0.2) is 13.1 Å².